The second-order valence-corrected chi connectivity index (χ2v) is 28.7. The second-order valence-electron chi connectivity index (χ2n) is 26.1. The molecule has 1 fully saturated rings. The fourth-order valence-corrected chi connectivity index (χ4v) is 13.4. The third kappa shape index (κ3) is 29.7. The van der Waals surface area contributed by atoms with Crippen molar-refractivity contribution in [2.24, 2.45) is 28.7 Å². The van der Waals surface area contributed by atoms with Gasteiger partial charge in [-0.25, -0.2) is 0 Å². The van der Waals surface area contributed by atoms with E-state index < -0.39 is 210 Å². The number of amides is 15. The van der Waals surface area contributed by atoms with Gasteiger partial charge >= 0.3 is 0 Å². The molecule has 39 heteroatoms. The average molecular weight is 1560 g/mol. The van der Waals surface area contributed by atoms with Crippen molar-refractivity contribution in [3.05, 3.63) is 108 Å². The summed E-state index contributed by atoms with van der Waals surface area (Å²) < 4.78 is 0. The lowest BCUT2D eigenvalue weighted by Crippen LogP contribution is -2.63. The van der Waals surface area contributed by atoms with Crippen LogP contribution >= 0.6 is 21.6 Å². The van der Waals surface area contributed by atoms with Crippen LogP contribution < -0.4 is 97.8 Å². The van der Waals surface area contributed by atoms with Gasteiger partial charge in [0.25, 0.3) is 0 Å². The first-order chi connectivity index (χ1) is 51.8. The molecule has 1 aliphatic heterocycles. The molecular formula is C70H101N19O18S2. The number of unbranched alkanes of at least 4 members (excludes halogenated alkanes) is 2. The van der Waals surface area contributed by atoms with E-state index in [1.807, 2.05) is 0 Å². The van der Waals surface area contributed by atoms with Crippen molar-refractivity contribution < 1.29 is 87.2 Å². The topological polar surface area (TPSA) is 619 Å². The van der Waals surface area contributed by atoms with Crippen LogP contribution in [0.15, 0.2) is 91.1 Å². The lowest BCUT2D eigenvalue weighted by Gasteiger charge is -2.29. The fourth-order valence-electron chi connectivity index (χ4n) is 11.0. The Labute approximate surface area is 636 Å². The Morgan fingerprint density at radius 1 is 0.505 bits per heavy atom. The zero-order valence-corrected chi connectivity index (χ0v) is 62.4. The molecule has 0 spiro atoms. The summed E-state index contributed by atoms with van der Waals surface area (Å²) in [5.74, 6) is -16.7. The van der Waals surface area contributed by atoms with E-state index in [0.717, 1.165) is 35.4 Å². The highest BCUT2D eigenvalue weighted by Crippen LogP contribution is 2.24. The molecule has 596 valence electrons. The van der Waals surface area contributed by atoms with Crippen molar-refractivity contribution in [3.63, 3.8) is 0 Å². The molecule has 3 aromatic carbocycles. The van der Waals surface area contributed by atoms with Gasteiger partial charge in [0.1, 0.15) is 72.5 Å². The molecule has 2 unspecified atom stereocenters. The van der Waals surface area contributed by atoms with Crippen molar-refractivity contribution >= 4 is 121 Å². The number of carbonyl (C=O) groups is 15. The van der Waals surface area contributed by atoms with Crippen molar-refractivity contribution in [3.8, 4) is 0 Å². The number of hydrogen-bond acceptors (Lipinski definition) is 23. The van der Waals surface area contributed by atoms with Gasteiger partial charge in [0.2, 0.25) is 88.6 Å². The number of benzene rings is 3. The molecule has 15 amide bonds. The maximum Gasteiger partial charge on any atom is 0.245 e. The Morgan fingerprint density at radius 3 is 1.45 bits per heavy atom. The van der Waals surface area contributed by atoms with Crippen LogP contribution in [0.1, 0.15) is 89.3 Å². The first-order valence-electron chi connectivity index (χ1n) is 35.3. The summed E-state index contributed by atoms with van der Waals surface area (Å²) in [4.78, 5) is 214. The highest BCUT2D eigenvalue weighted by molar-refractivity contribution is 8.76. The van der Waals surface area contributed by atoms with Crippen LogP contribution in [0.4, 0.5) is 0 Å². The lowest BCUT2D eigenvalue weighted by molar-refractivity contribution is -0.138. The van der Waals surface area contributed by atoms with Gasteiger partial charge in [-0.05, 0) is 102 Å². The number of H-pyrrole nitrogens is 1. The summed E-state index contributed by atoms with van der Waals surface area (Å²) in [6.07, 6.45) is -2.93. The summed E-state index contributed by atoms with van der Waals surface area (Å²) in [7, 11) is 1.63. The zero-order valence-electron chi connectivity index (χ0n) is 60.8. The van der Waals surface area contributed by atoms with E-state index >= 15 is 9.59 Å². The van der Waals surface area contributed by atoms with Gasteiger partial charge in [-0.15, -0.1) is 0 Å². The lowest BCUT2D eigenvalue weighted by atomic mass is 10.0. The molecule has 37 nitrogen and oxygen atoms in total. The fraction of sp³-hybridized carbons (Fsp3) is 0.500. The molecule has 0 radical (unpaired) electrons. The maximum absolute atomic E-state index is 15.1. The van der Waals surface area contributed by atoms with Gasteiger partial charge in [0.15, 0.2) is 0 Å². The molecule has 15 atom stereocenters. The Hall–Kier alpha value is -10.3. The van der Waals surface area contributed by atoms with Crippen molar-refractivity contribution in [1.29, 1.82) is 0 Å². The summed E-state index contributed by atoms with van der Waals surface area (Å²) in [6, 6.07) is 2.04. The van der Waals surface area contributed by atoms with Crippen LogP contribution in [0.5, 0.6) is 0 Å². The minimum Gasteiger partial charge on any atom is -0.394 e. The number of nitrogens with two attached hydrogens (primary N) is 5. The number of aromatic nitrogens is 1. The molecule has 109 heavy (non-hydrogen) atoms. The van der Waals surface area contributed by atoms with Crippen LogP contribution in [-0.2, 0) is 91.2 Å². The Kier molecular flexibility index (Phi) is 37.3. The number of hydrogen-bond donors (Lipinski definition) is 22. The number of fused-ring (bicyclic) bond motifs is 1. The van der Waals surface area contributed by atoms with Crippen LogP contribution in [-0.4, -0.2) is 237 Å². The van der Waals surface area contributed by atoms with E-state index in [-0.39, 0.29) is 58.0 Å². The molecule has 1 aromatic heterocycles. The highest BCUT2D eigenvalue weighted by atomic mass is 33.1. The van der Waals surface area contributed by atoms with E-state index in [2.05, 4.69) is 74.1 Å². The highest BCUT2D eigenvalue weighted by Gasteiger charge is 2.39. The molecule has 4 aromatic rings. The molecule has 1 saturated heterocycles. The standard InChI is InChI=1S/C70H101N19O18S2/c1-36(73)59(96)77-32-55(94)79-53-35-109-108-34-52(58(75)95)87-67(104)51(33-90)86-70(107)57(39(4)92)89-66(103)48(28-41-19-9-6-10-20-41)85-69(106)56(38(3)91)88-62(99)46(24-14-16-26-72)80-65(102)49(29-42-31-76-44-22-12-11-21-43(42)44)83-64(101)47(27-40-17-7-5-8-18-40)82-60(97)37(2)78-63(100)50(30-54(74)93)84-61(98)45(81-68(53)105)23-13-15-25-71/h5-12,17-22,31,36-39,45-53,56-57,76,90-92H,13-16,23-30,32-35,71-73H2,1-4H3,(H2,74,93)(H2,75,95)(H,77,96)(H,78,100)(H,79,94)(H,80,102)(H,81,105)(H,82,97)(H,83,101)(H,84,98)(H,85,106)(H,86,107)(H,87,104)(H,88,99)(H,89,103)/t36-,37-,38?,39?,45-,46+,47+,48-,49-,50+,51-,52-,53-,56+,57+/m0/s1. The molecule has 0 bridgehead atoms. The number of aliphatic hydroxyl groups excluding tert-OH is 3. The summed E-state index contributed by atoms with van der Waals surface area (Å²) in [5, 5.41) is 65.4. The van der Waals surface area contributed by atoms with Gasteiger partial charge in [-0.1, -0.05) is 100 Å². The SMILES string of the molecule is CC(O)[C@H]1NC(=O)[C@H](Cc2ccccc2)NC(=O)[C@@H](C(C)O)NC(=O)[C@@H](CCCCN)NC(=O)[C@H](Cc2c[nH]c3ccccc23)NC(=O)[C@@H](Cc2ccccc2)NC(=O)[C@H](C)NC(=O)[C@@H](CC(N)=O)NC(=O)[C@H](CCCCN)NC(=O)[C@@H](NC(=O)CNC(=O)[C@H](C)N)CSSC[C@@H](C(N)=O)NC(=O)[C@H](CO)NC1=O. The van der Waals surface area contributed by atoms with Crippen LogP contribution in [0.2, 0.25) is 0 Å². The van der Waals surface area contributed by atoms with E-state index in [1.54, 1.807) is 91.1 Å². The van der Waals surface area contributed by atoms with Gasteiger partial charge < -0.3 is 118 Å². The van der Waals surface area contributed by atoms with Gasteiger partial charge in [0, 0.05) is 47.9 Å². The third-order valence-corrected chi connectivity index (χ3v) is 19.6. The molecule has 0 saturated carbocycles. The largest absolute Gasteiger partial charge is 0.394 e. The van der Waals surface area contributed by atoms with Crippen molar-refractivity contribution in [2.75, 3.05) is 37.7 Å². The first kappa shape index (κ1) is 89.3. The molecule has 27 N–H and O–H groups in total. The van der Waals surface area contributed by atoms with Crippen LogP contribution in [0.3, 0.4) is 0 Å². The zero-order chi connectivity index (χ0) is 80.4. The van der Waals surface area contributed by atoms with E-state index in [1.165, 1.54) is 13.8 Å². The van der Waals surface area contributed by atoms with Gasteiger partial charge in [0.05, 0.1) is 37.8 Å². The number of nitrogens with one attached hydrogen (secondary N) is 14. The average Bonchev–Trinajstić information content (AvgIpc) is 1.75. The quantitative estimate of drug-likeness (QED) is 0.0229. The molecule has 2 heterocycles. The monoisotopic (exact) mass is 1560 g/mol. The number of primary amides is 2. The van der Waals surface area contributed by atoms with E-state index in [9.17, 15) is 77.6 Å². The number of aliphatic hydroxyl groups is 3. The van der Waals surface area contributed by atoms with Gasteiger partial charge in [-0.3, -0.25) is 71.9 Å². The van der Waals surface area contributed by atoms with E-state index in [0.29, 0.717) is 40.4 Å². The third-order valence-electron chi connectivity index (χ3n) is 17.2. The first-order valence-corrected chi connectivity index (χ1v) is 37.8. The molecule has 5 rings (SSSR count). The minimum atomic E-state index is -1.96. The Bertz CT molecular complexity index is 3780. The second kappa shape index (κ2) is 45.5. The predicted molar refractivity (Wildman–Crippen MR) is 402 cm³/mol. The predicted octanol–water partition coefficient (Wildman–Crippen LogP) is -6.74. The van der Waals surface area contributed by atoms with E-state index in [4.69, 9.17) is 28.7 Å². The van der Waals surface area contributed by atoms with Crippen LogP contribution in [0.25, 0.3) is 10.9 Å². The molecule has 0 aliphatic carbocycles. The minimum absolute atomic E-state index is 0.122. The number of rotatable bonds is 24. The smallest absolute Gasteiger partial charge is 0.245 e. The van der Waals surface area contributed by atoms with Crippen LogP contribution in [0, 0.1) is 0 Å². The number of para-hydroxylation sites is 1. The Morgan fingerprint density at radius 2 is 0.936 bits per heavy atom. The number of aromatic amines is 1. The Balaban J connectivity index is 1.62. The van der Waals surface area contributed by atoms with Crippen molar-refractivity contribution in [2.45, 2.75) is 183 Å². The normalized spacial score (nSPS) is 24.4. The summed E-state index contributed by atoms with van der Waals surface area (Å²) in [6.45, 7) is 3.22. The summed E-state index contributed by atoms with van der Waals surface area (Å²) >= 11 is 0. The maximum atomic E-state index is 15.1. The molecule has 1 aliphatic rings. The van der Waals surface area contributed by atoms with Crippen molar-refractivity contribution in [1.82, 2.24) is 74.1 Å². The number of carbonyl (C=O) groups excluding carboxylic acids is 15. The van der Waals surface area contributed by atoms with Gasteiger partial charge in [-0.2, -0.15) is 0 Å². The molecular weight excluding hydrogens is 1460 g/mol. The summed E-state index contributed by atoms with van der Waals surface area (Å²) in [5.41, 5.74) is 30.7.